The van der Waals surface area contributed by atoms with Gasteiger partial charge in [-0.25, -0.2) is 0 Å². The van der Waals surface area contributed by atoms with E-state index in [1.54, 1.807) is 6.07 Å². The van der Waals surface area contributed by atoms with Crippen LogP contribution < -0.4 is 4.74 Å². The van der Waals surface area contributed by atoms with E-state index >= 15 is 0 Å². The molecule has 0 saturated heterocycles. The Hall–Kier alpha value is -0.400. The summed E-state index contributed by atoms with van der Waals surface area (Å²) < 4.78 is 5.67. The molecule has 0 spiro atoms. The van der Waals surface area contributed by atoms with Crippen LogP contribution in [0.3, 0.4) is 0 Å². The lowest BCUT2D eigenvalue weighted by molar-refractivity contribution is 0.299. The molecule has 1 aromatic rings. The van der Waals surface area contributed by atoms with E-state index < -0.39 is 0 Å². The van der Waals surface area contributed by atoms with Gasteiger partial charge in [-0.2, -0.15) is 0 Å². The molecule has 1 aliphatic rings. The van der Waals surface area contributed by atoms with Gasteiger partial charge in [0, 0.05) is 5.02 Å². The molecular weight excluding hydrogens is 279 g/mol. The van der Waals surface area contributed by atoms with E-state index in [2.05, 4.69) is 6.92 Å². The summed E-state index contributed by atoms with van der Waals surface area (Å²) in [6, 6.07) is 3.72. The minimum atomic E-state index is 0.609. The maximum atomic E-state index is 6.05. The van der Waals surface area contributed by atoms with Gasteiger partial charge < -0.3 is 4.74 Å². The van der Waals surface area contributed by atoms with Crippen LogP contribution in [-0.2, 0) is 6.42 Å². The minimum Gasteiger partial charge on any atom is -0.492 e. The molecule has 19 heavy (non-hydrogen) atoms. The van der Waals surface area contributed by atoms with Crippen LogP contribution in [0, 0.1) is 5.92 Å². The second-order valence-electron chi connectivity index (χ2n) is 3.98. The molecule has 1 aromatic carbocycles. The van der Waals surface area contributed by atoms with Crippen LogP contribution in [0.1, 0.15) is 53.0 Å². The molecule has 0 N–H and O–H groups in total. The van der Waals surface area contributed by atoms with Crippen molar-refractivity contribution < 1.29 is 4.74 Å². The Kier molecular flexibility index (Phi) is 10.2. The highest BCUT2D eigenvalue weighted by molar-refractivity contribution is 6.36. The summed E-state index contributed by atoms with van der Waals surface area (Å²) in [5, 5.41) is 1.33. The second-order valence-corrected chi connectivity index (χ2v) is 4.80. The van der Waals surface area contributed by atoms with Crippen molar-refractivity contribution >= 4 is 23.2 Å². The van der Waals surface area contributed by atoms with Gasteiger partial charge in [-0.15, -0.1) is 0 Å². The lowest BCUT2D eigenvalue weighted by Gasteiger charge is -2.10. The normalized spacial score (nSPS) is 12.8. The Morgan fingerprint density at radius 3 is 2.11 bits per heavy atom. The fourth-order valence-corrected chi connectivity index (χ4v) is 2.02. The molecule has 3 heteroatoms. The fraction of sp³-hybridized carbons (Fsp3) is 0.625. The summed E-state index contributed by atoms with van der Waals surface area (Å²) in [6.45, 7) is 10.9. The average Bonchev–Trinajstić information content (AvgIpc) is 3.26. The molecule has 0 atom stereocenters. The van der Waals surface area contributed by atoms with Gasteiger partial charge in [0.05, 0.1) is 11.6 Å². The van der Waals surface area contributed by atoms with E-state index in [1.807, 2.05) is 33.8 Å². The number of hydrogen-bond donors (Lipinski definition) is 0. The predicted octanol–water partition coefficient (Wildman–Crippen LogP) is 6.40. The van der Waals surface area contributed by atoms with Crippen LogP contribution in [0.15, 0.2) is 12.1 Å². The van der Waals surface area contributed by atoms with E-state index in [9.17, 15) is 0 Å². The van der Waals surface area contributed by atoms with Crippen molar-refractivity contribution in [3.8, 4) is 5.75 Å². The average molecular weight is 305 g/mol. The summed E-state index contributed by atoms with van der Waals surface area (Å²) in [5.74, 6) is 1.51. The predicted molar refractivity (Wildman–Crippen MR) is 86.8 cm³/mol. The summed E-state index contributed by atoms with van der Waals surface area (Å²) in [6.07, 6.45) is 3.47. The first kappa shape index (κ1) is 18.6. The van der Waals surface area contributed by atoms with Crippen LogP contribution in [0.4, 0.5) is 0 Å². The Labute approximate surface area is 128 Å². The van der Waals surface area contributed by atoms with Gasteiger partial charge >= 0.3 is 0 Å². The van der Waals surface area contributed by atoms with Crippen LogP contribution in [0.2, 0.25) is 10.0 Å². The van der Waals surface area contributed by atoms with Crippen LogP contribution in [0.5, 0.6) is 5.75 Å². The zero-order valence-electron chi connectivity index (χ0n) is 12.7. The second kappa shape index (κ2) is 10.4. The van der Waals surface area contributed by atoms with Gasteiger partial charge in [0.25, 0.3) is 0 Å². The standard InChI is InChI=1S/C12H14Cl2O.2C2H6/c1-2-9-5-12(11(14)6-10(9)13)15-7-8-3-4-8;2*1-2/h5-6,8H,2-4,7H2,1H3;2*1-2H3. The van der Waals surface area contributed by atoms with Gasteiger partial charge in [-0.1, -0.05) is 57.8 Å². The quantitative estimate of drug-likeness (QED) is 0.625. The Bertz CT molecular complexity index is 360. The first-order chi connectivity index (χ1) is 9.20. The monoisotopic (exact) mass is 304 g/mol. The molecule has 0 amide bonds. The molecule has 0 aromatic heterocycles. The third-order valence-electron chi connectivity index (χ3n) is 2.65. The number of rotatable bonds is 4. The van der Waals surface area contributed by atoms with E-state index in [-0.39, 0.29) is 0 Å². The first-order valence-corrected chi connectivity index (χ1v) is 8.07. The van der Waals surface area contributed by atoms with E-state index in [0.717, 1.165) is 35.3 Å². The fourth-order valence-electron chi connectivity index (χ4n) is 1.44. The molecular formula is C16H26Cl2O. The van der Waals surface area contributed by atoms with Gasteiger partial charge in [0.2, 0.25) is 0 Å². The van der Waals surface area contributed by atoms with Gasteiger partial charge in [-0.3, -0.25) is 0 Å². The van der Waals surface area contributed by atoms with Gasteiger partial charge in [-0.05, 0) is 42.9 Å². The SMILES string of the molecule is CC.CC.CCc1cc(OCC2CC2)c(Cl)cc1Cl. The first-order valence-electron chi connectivity index (χ1n) is 7.31. The number of hydrogen-bond acceptors (Lipinski definition) is 1. The summed E-state index contributed by atoms with van der Waals surface area (Å²) in [5.41, 5.74) is 1.09. The molecule has 0 unspecified atom stereocenters. The molecule has 110 valence electrons. The van der Waals surface area contributed by atoms with E-state index in [4.69, 9.17) is 27.9 Å². The summed E-state index contributed by atoms with van der Waals surface area (Å²) in [4.78, 5) is 0. The molecule has 2 rings (SSSR count). The van der Waals surface area contributed by atoms with Gasteiger partial charge in [0.1, 0.15) is 5.75 Å². The number of ether oxygens (including phenoxy) is 1. The van der Waals surface area contributed by atoms with Crippen LogP contribution in [0.25, 0.3) is 0 Å². The highest BCUT2D eigenvalue weighted by Crippen LogP contribution is 2.34. The number of aryl methyl sites for hydroxylation is 1. The lowest BCUT2D eigenvalue weighted by Crippen LogP contribution is -2.00. The summed E-state index contributed by atoms with van der Waals surface area (Å²) >= 11 is 12.1. The zero-order valence-corrected chi connectivity index (χ0v) is 14.2. The highest BCUT2D eigenvalue weighted by atomic mass is 35.5. The maximum absolute atomic E-state index is 6.05. The van der Waals surface area contributed by atoms with Crippen LogP contribution in [-0.4, -0.2) is 6.61 Å². The largest absolute Gasteiger partial charge is 0.492 e. The van der Waals surface area contributed by atoms with E-state index in [0.29, 0.717) is 5.02 Å². The molecule has 1 saturated carbocycles. The van der Waals surface area contributed by atoms with Crippen molar-refractivity contribution in [2.24, 2.45) is 5.92 Å². The zero-order chi connectivity index (χ0) is 14.8. The summed E-state index contributed by atoms with van der Waals surface area (Å²) in [7, 11) is 0. The molecule has 0 heterocycles. The molecule has 0 bridgehead atoms. The van der Waals surface area contributed by atoms with Crippen molar-refractivity contribution in [1.82, 2.24) is 0 Å². The molecule has 1 fully saturated rings. The smallest absolute Gasteiger partial charge is 0.138 e. The number of benzene rings is 1. The van der Waals surface area contributed by atoms with Crippen molar-refractivity contribution in [3.63, 3.8) is 0 Å². The van der Waals surface area contributed by atoms with Crippen molar-refractivity contribution in [1.29, 1.82) is 0 Å². The lowest BCUT2D eigenvalue weighted by atomic mass is 10.1. The van der Waals surface area contributed by atoms with Crippen molar-refractivity contribution in [2.75, 3.05) is 6.61 Å². The van der Waals surface area contributed by atoms with Crippen molar-refractivity contribution in [2.45, 2.75) is 53.9 Å². The maximum Gasteiger partial charge on any atom is 0.138 e. The molecule has 0 radical (unpaired) electrons. The molecule has 1 aliphatic carbocycles. The topological polar surface area (TPSA) is 9.23 Å². The van der Waals surface area contributed by atoms with E-state index in [1.165, 1.54) is 12.8 Å². The third-order valence-corrected chi connectivity index (χ3v) is 3.30. The van der Waals surface area contributed by atoms with Crippen LogP contribution >= 0.6 is 23.2 Å². The van der Waals surface area contributed by atoms with Gasteiger partial charge in [0.15, 0.2) is 0 Å². The van der Waals surface area contributed by atoms with Crippen molar-refractivity contribution in [3.05, 3.63) is 27.7 Å². The molecule has 1 nitrogen and oxygen atoms in total. The number of halogens is 2. The minimum absolute atomic E-state index is 0.609. The Morgan fingerprint density at radius 2 is 1.63 bits per heavy atom. The Morgan fingerprint density at radius 1 is 1.05 bits per heavy atom. The third kappa shape index (κ3) is 6.54. The molecule has 0 aliphatic heterocycles. The highest BCUT2D eigenvalue weighted by Gasteiger charge is 2.22. The Balaban J connectivity index is 0.000000741.